The third kappa shape index (κ3) is 3.33. The Balaban J connectivity index is 1.56. The summed E-state index contributed by atoms with van der Waals surface area (Å²) < 4.78 is 0. The first kappa shape index (κ1) is 21.2. The molecule has 0 aromatic rings. The predicted molar refractivity (Wildman–Crippen MR) is 112 cm³/mol. The first-order valence-corrected chi connectivity index (χ1v) is 12.1. The highest BCUT2D eigenvalue weighted by atomic mass is 16.4. The van der Waals surface area contributed by atoms with Crippen LogP contribution in [0.5, 0.6) is 0 Å². The molecule has 0 aromatic heterocycles. The largest absolute Gasteiger partial charge is 0.481 e. The fraction of sp³-hybridized carbons (Fsp3) is 0.920. The lowest BCUT2D eigenvalue weighted by atomic mass is 9.42. The molecule has 4 fully saturated rings. The average Bonchev–Trinajstić information content (AvgIpc) is 2.97. The molecule has 1 unspecified atom stereocenters. The molecule has 0 radical (unpaired) electrons. The van der Waals surface area contributed by atoms with E-state index in [1.54, 1.807) is 0 Å². The molecule has 29 heavy (non-hydrogen) atoms. The summed E-state index contributed by atoms with van der Waals surface area (Å²) in [6.45, 7) is 7.43. The van der Waals surface area contributed by atoms with Crippen LogP contribution in [0.2, 0.25) is 0 Å². The van der Waals surface area contributed by atoms with Crippen LogP contribution < -0.4 is 0 Å². The number of carboxylic acids is 2. The van der Waals surface area contributed by atoms with Gasteiger partial charge in [0.1, 0.15) is 0 Å². The molecule has 2 N–H and O–H groups in total. The molecule has 7 atom stereocenters. The van der Waals surface area contributed by atoms with Crippen LogP contribution in [0.1, 0.15) is 97.8 Å². The normalized spacial score (nSPS) is 45.7. The van der Waals surface area contributed by atoms with E-state index in [9.17, 15) is 19.8 Å². The van der Waals surface area contributed by atoms with E-state index in [1.807, 2.05) is 0 Å². The molecule has 0 amide bonds. The van der Waals surface area contributed by atoms with Crippen LogP contribution in [-0.4, -0.2) is 22.2 Å². The van der Waals surface area contributed by atoms with Gasteiger partial charge in [-0.05, 0) is 104 Å². The van der Waals surface area contributed by atoms with Crippen LogP contribution in [0.3, 0.4) is 0 Å². The maximum atomic E-state index is 11.5. The third-order valence-corrected chi connectivity index (χ3v) is 10.7. The first-order chi connectivity index (χ1) is 13.6. The van der Waals surface area contributed by atoms with Crippen molar-refractivity contribution >= 4 is 11.9 Å². The standard InChI is InChI=1S/C25H40O4/c1-4-16-6-8-19-18-7-5-17-13-25(14-21(26)27,15-22(28)29)12-11-24(17,3)20(18)9-10-23(16,19)2/h16-20H,4-15H2,1-3H3,(H,26,27)(H,28,29)/t16-,17?,18-,19-,20-,23+,24-/m0/s1. The van der Waals surface area contributed by atoms with E-state index in [2.05, 4.69) is 20.8 Å². The Labute approximate surface area is 175 Å². The number of hydrogen-bond acceptors (Lipinski definition) is 2. The van der Waals surface area contributed by atoms with Gasteiger partial charge in [0.15, 0.2) is 0 Å². The van der Waals surface area contributed by atoms with E-state index in [1.165, 1.54) is 44.9 Å². The van der Waals surface area contributed by atoms with Crippen molar-refractivity contribution in [1.29, 1.82) is 0 Å². The number of aliphatic carboxylic acids is 2. The molecule has 0 heterocycles. The van der Waals surface area contributed by atoms with Gasteiger partial charge in [-0.1, -0.05) is 27.2 Å². The SMILES string of the molecule is CC[C@H]1CC[C@H]2[C@@H]3CCC4CC(CC(=O)O)(CC(=O)O)CC[C@]4(C)[C@H]3CC[C@]12C. The minimum atomic E-state index is -0.839. The molecule has 4 rings (SSSR count). The highest BCUT2D eigenvalue weighted by Crippen LogP contribution is 2.69. The number of carbonyl (C=O) groups is 2. The van der Waals surface area contributed by atoms with Gasteiger partial charge in [-0.3, -0.25) is 9.59 Å². The molecule has 0 spiro atoms. The van der Waals surface area contributed by atoms with Crippen LogP contribution in [0, 0.1) is 45.8 Å². The third-order valence-electron chi connectivity index (χ3n) is 10.7. The fourth-order valence-electron chi connectivity index (χ4n) is 9.22. The summed E-state index contributed by atoms with van der Waals surface area (Å²) in [6.07, 6.45) is 11.8. The Kier molecular flexibility index (Phi) is 5.31. The molecule has 4 nitrogen and oxygen atoms in total. The van der Waals surface area contributed by atoms with Crippen LogP contribution in [0.25, 0.3) is 0 Å². The Hall–Kier alpha value is -1.06. The van der Waals surface area contributed by atoms with E-state index < -0.39 is 17.4 Å². The van der Waals surface area contributed by atoms with Crippen LogP contribution >= 0.6 is 0 Å². The van der Waals surface area contributed by atoms with Gasteiger partial charge >= 0.3 is 11.9 Å². The minimum absolute atomic E-state index is 0.0127. The second-order valence-corrected chi connectivity index (χ2v) is 11.7. The van der Waals surface area contributed by atoms with Crippen molar-refractivity contribution in [2.45, 2.75) is 97.8 Å². The molecular formula is C25H40O4. The van der Waals surface area contributed by atoms with Gasteiger partial charge in [0.2, 0.25) is 0 Å². The molecule has 164 valence electrons. The zero-order valence-corrected chi connectivity index (χ0v) is 18.6. The van der Waals surface area contributed by atoms with Gasteiger partial charge in [0, 0.05) is 0 Å². The molecule has 0 aliphatic heterocycles. The summed E-state index contributed by atoms with van der Waals surface area (Å²) >= 11 is 0. The Morgan fingerprint density at radius 2 is 1.48 bits per heavy atom. The summed E-state index contributed by atoms with van der Waals surface area (Å²) in [5.74, 6) is 2.16. The number of carboxylic acid groups (broad SMARTS) is 2. The maximum Gasteiger partial charge on any atom is 0.303 e. The summed E-state index contributed by atoms with van der Waals surface area (Å²) in [7, 11) is 0. The van der Waals surface area contributed by atoms with E-state index in [4.69, 9.17) is 0 Å². The second-order valence-electron chi connectivity index (χ2n) is 11.7. The molecule has 4 heteroatoms. The van der Waals surface area contributed by atoms with Crippen LogP contribution in [0.4, 0.5) is 0 Å². The molecule has 0 bridgehead atoms. The van der Waals surface area contributed by atoms with Gasteiger partial charge in [0.05, 0.1) is 12.8 Å². The van der Waals surface area contributed by atoms with Crippen LogP contribution in [-0.2, 0) is 9.59 Å². The van der Waals surface area contributed by atoms with Gasteiger partial charge in [-0.15, -0.1) is 0 Å². The molecule has 4 aliphatic rings. The molecule has 0 aromatic carbocycles. The van der Waals surface area contributed by atoms with Gasteiger partial charge < -0.3 is 10.2 Å². The van der Waals surface area contributed by atoms with Gasteiger partial charge in [0.25, 0.3) is 0 Å². The lowest BCUT2D eigenvalue weighted by Crippen LogP contribution is -2.55. The molecule has 0 saturated heterocycles. The van der Waals surface area contributed by atoms with Gasteiger partial charge in [-0.25, -0.2) is 0 Å². The van der Waals surface area contributed by atoms with Crippen molar-refractivity contribution in [3.63, 3.8) is 0 Å². The van der Waals surface area contributed by atoms with Gasteiger partial charge in [-0.2, -0.15) is 0 Å². The van der Waals surface area contributed by atoms with Crippen molar-refractivity contribution in [3.05, 3.63) is 0 Å². The van der Waals surface area contributed by atoms with E-state index in [0.29, 0.717) is 11.3 Å². The predicted octanol–water partition coefficient (Wildman–Crippen LogP) is 5.99. The highest BCUT2D eigenvalue weighted by Gasteiger charge is 2.61. The first-order valence-electron chi connectivity index (χ1n) is 12.1. The topological polar surface area (TPSA) is 74.6 Å². The lowest BCUT2D eigenvalue weighted by molar-refractivity contribution is -0.156. The number of rotatable bonds is 5. The summed E-state index contributed by atoms with van der Waals surface area (Å²) in [5, 5.41) is 19.0. The highest BCUT2D eigenvalue weighted by molar-refractivity contribution is 5.72. The maximum absolute atomic E-state index is 11.5. The van der Waals surface area contributed by atoms with Crippen molar-refractivity contribution in [1.82, 2.24) is 0 Å². The average molecular weight is 405 g/mol. The van der Waals surface area contributed by atoms with Crippen molar-refractivity contribution in [2.75, 3.05) is 0 Å². The fourth-order valence-corrected chi connectivity index (χ4v) is 9.22. The Morgan fingerprint density at radius 3 is 2.10 bits per heavy atom. The van der Waals surface area contributed by atoms with E-state index >= 15 is 0 Å². The van der Waals surface area contributed by atoms with Crippen molar-refractivity contribution in [2.24, 2.45) is 45.8 Å². The zero-order valence-electron chi connectivity index (χ0n) is 18.6. The zero-order chi connectivity index (χ0) is 21.0. The smallest absolute Gasteiger partial charge is 0.303 e. The van der Waals surface area contributed by atoms with Crippen molar-refractivity contribution in [3.8, 4) is 0 Å². The van der Waals surface area contributed by atoms with Crippen LogP contribution in [0.15, 0.2) is 0 Å². The van der Waals surface area contributed by atoms with Crippen molar-refractivity contribution < 1.29 is 19.8 Å². The minimum Gasteiger partial charge on any atom is -0.481 e. The number of fused-ring (bicyclic) bond motifs is 5. The summed E-state index contributed by atoms with van der Waals surface area (Å²) in [4.78, 5) is 23.1. The summed E-state index contributed by atoms with van der Waals surface area (Å²) in [6, 6.07) is 0. The molecule has 4 aliphatic carbocycles. The van der Waals surface area contributed by atoms with E-state index in [-0.39, 0.29) is 18.3 Å². The Morgan fingerprint density at radius 1 is 0.828 bits per heavy atom. The molecular weight excluding hydrogens is 364 g/mol. The monoisotopic (exact) mass is 404 g/mol. The quantitative estimate of drug-likeness (QED) is 0.590. The number of hydrogen-bond donors (Lipinski definition) is 2. The Bertz CT molecular complexity index is 656. The second kappa shape index (κ2) is 7.27. The van der Waals surface area contributed by atoms with E-state index in [0.717, 1.165) is 42.9 Å². The lowest BCUT2D eigenvalue weighted by Gasteiger charge is -2.62. The molecule has 4 saturated carbocycles. The summed E-state index contributed by atoms with van der Waals surface area (Å²) in [5.41, 5.74) is 0.262.